The summed E-state index contributed by atoms with van der Waals surface area (Å²) in [5.41, 5.74) is 0.987. The monoisotopic (exact) mass is 420 g/mol. The third-order valence-electron chi connectivity index (χ3n) is 5.56. The zero-order valence-electron chi connectivity index (χ0n) is 17.1. The number of pyridine rings is 1. The van der Waals surface area contributed by atoms with Crippen molar-refractivity contribution in [3.05, 3.63) is 54.7 Å². The van der Waals surface area contributed by atoms with Crippen LogP contribution >= 0.6 is 0 Å². The van der Waals surface area contributed by atoms with Crippen molar-refractivity contribution in [2.75, 3.05) is 49.2 Å². The fourth-order valence-electron chi connectivity index (χ4n) is 3.71. The Morgan fingerprint density at radius 2 is 1.90 bits per heavy atom. The number of morpholine rings is 1. The van der Waals surface area contributed by atoms with Gasteiger partial charge in [-0.15, -0.1) is 0 Å². The van der Waals surface area contributed by atoms with Gasteiger partial charge in [-0.05, 0) is 17.7 Å². The van der Waals surface area contributed by atoms with Crippen LogP contribution in [0.4, 0.5) is 11.6 Å². The Hall–Kier alpha value is -3.53. The van der Waals surface area contributed by atoms with Gasteiger partial charge >= 0.3 is 0 Å². The number of hydrogen-bond acceptors (Lipinski definition) is 8. The van der Waals surface area contributed by atoms with Gasteiger partial charge in [-0.25, -0.2) is 19.6 Å². The summed E-state index contributed by atoms with van der Waals surface area (Å²) >= 11 is 0. The number of anilines is 2. The van der Waals surface area contributed by atoms with E-state index >= 15 is 0 Å². The molecule has 2 aliphatic heterocycles. The zero-order valence-corrected chi connectivity index (χ0v) is 17.1. The van der Waals surface area contributed by atoms with Crippen molar-refractivity contribution in [1.29, 1.82) is 0 Å². The van der Waals surface area contributed by atoms with Crippen molar-refractivity contribution in [1.82, 2.24) is 30.0 Å². The van der Waals surface area contributed by atoms with Crippen LogP contribution < -0.4 is 15.1 Å². The van der Waals surface area contributed by atoms with Crippen molar-refractivity contribution in [2.24, 2.45) is 5.92 Å². The minimum absolute atomic E-state index is 0.0508. The molecule has 0 bridgehead atoms. The van der Waals surface area contributed by atoms with E-state index in [2.05, 4.69) is 35.2 Å². The summed E-state index contributed by atoms with van der Waals surface area (Å²) in [4.78, 5) is 29.9. The topological polar surface area (TPSA) is 101 Å². The normalized spacial score (nSPS) is 16.8. The predicted molar refractivity (Wildman–Crippen MR) is 114 cm³/mol. The maximum atomic E-state index is 12.5. The summed E-state index contributed by atoms with van der Waals surface area (Å²) in [6, 6.07) is 7.74. The van der Waals surface area contributed by atoms with Crippen LogP contribution in [-0.4, -0.2) is 70.0 Å². The van der Waals surface area contributed by atoms with E-state index in [0.29, 0.717) is 25.5 Å². The molecule has 5 heterocycles. The van der Waals surface area contributed by atoms with E-state index < -0.39 is 0 Å². The molecule has 3 aromatic heterocycles. The molecule has 0 spiro atoms. The number of carbonyl (C=O) groups excluding carboxylic acids is 1. The molecule has 0 aromatic carbocycles. The Morgan fingerprint density at radius 3 is 2.65 bits per heavy atom. The van der Waals surface area contributed by atoms with Crippen molar-refractivity contribution in [2.45, 2.75) is 6.54 Å². The molecule has 0 radical (unpaired) electrons. The number of nitrogens with zero attached hydrogens (tertiary/aromatic N) is 7. The second-order valence-corrected chi connectivity index (χ2v) is 7.63. The van der Waals surface area contributed by atoms with Crippen LogP contribution in [0.3, 0.4) is 0 Å². The third-order valence-corrected chi connectivity index (χ3v) is 5.56. The molecule has 0 saturated carbocycles. The second-order valence-electron chi connectivity index (χ2n) is 7.63. The molecule has 0 unspecified atom stereocenters. The Morgan fingerprint density at radius 1 is 1.06 bits per heavy atom. The summed E-state index contributed by atoms with van der Waals surface area (Å²) in [5.74, 6) is 2.45. The molecule has 1 amide bonds. The maximum Gasteiger partial charge on any atom is 0.226 e. The quantitative estimate of drug-likeness (QED) is 0.620. The molecule has 31 heavy (non-hydrogen) atoms. The van der Waals surface area contributed by atoms with E-state index in [1.54, 1.807) is 10.9 Å². The Labute approximate surface area is 179 Å². The number of ether oxygens (including phenoxy) is 1. The fourth-order valence-corrected chi connectivity index (χ4v) is 3.71. The van der Waals surface area contributed by atoms with Gasteiger partial charge in [0.1, 0.15) is 18.0 Å². The van der Waals surface area contributed by atoms with Gasteiger partial charge in [-0.1, -0.05) is 6.07 Å². The molecule has 2 aliphatic rings. The van der Waals surface area contributed by atoms with Gasteiger partial charge in [0.2, 0.25) is 5.91 Å². The largest absolute Gasteiger partial charge is 0.378 e. The molecule has 10 heteroatoms. The highest BCUT2D eigenvalue weighted by molar-refractivity contribution is 5.81. The second kappa shape index (κ2) is 8.68. The van der Waals surface area contributed by atoms with Crippen molar-refractivity contribution in [3.8, 4) is 5.82 Å². The molecule has 10 nitrogen and oxygen atoms in total. The minimum Gasteiger partial charge on any atom is -0.378 e. The third kappa shape index (κ3) is 4.33. The fraction of sp³-hybridized carbons (Fsp3) is 0.381. The highest BCUT2D eigenvalue weighted by Crippen LogP contribution is 2.23. The first kappa shape index (κ1) is 19.4. The van der Waals surface area contributed by atoms with Gasteiger partial charge in [0.05, 0.1) is 19.1 Å². The SMILES string of the molecule is O=C(NCc1ccc(N2CCOCC2)nc1)C1CN(c2cc(-n3cccn3)ncn2)C1. The van der Waals surface area contributed by atoms with Crippen LogP contribution in [0.25, 0.3) is 5.82 Å². The van der Waals surface area contributed by atoms with Crippen molar-refractivity contribution >= 4 is 17.5 Å². The number of rotatable bonds is 6. The number of hydrogen-bond donors (Lipinski definition) is 1. The Balaban J connectivity index is 1.11. The number of nitrogens with one attached hydrogen (secondary N) is 1. The van der Waals surface area contributed by atoms with Crippen LogP contribution in [0.1, 0.15) is 5.56 Å². The molecule has 2 saturated heterocycles. The standard InChI is InChI=1S/C21H24N8O2/c30-21(23-12-16-2-3-18(22-11-16)27-6-8-31-9-7-27)17-13-28(14-17)19-10-20(25-15-24-19)29-5-1-4-26-29/h1-5,10-11,15,17H,6-9,12-14H2,(H,23,30). The molecule has 1 N–H and O–H groups in total. The summed E-state index contributed by atoms with van der Waals surface area (Å²) in [6.45, 7) is 4.93. The minimum atomic E-state index is -0.0521. The summed E-state index contributed by atoms with van der Waals surface area (Å²) < 4.78 is 7.06. The van der Waals surface area contributed by atoms with Crippen LogP contribution in [0, 0.1) is 5.92 Å². The van der Waals surface area contributed by atoms with Crippen LogP contribution in [0.2, 0.25) is 0 Å². The molecular weight excluding hydrogens is 396 g/mol. The van der Waals surface area contributed by atoms with Crippen molar-refractivity contribution < 1.29 is 9.53 Å². The molecule has 5 rings (SSSR count). The van der Waals surface area contributed by atoms with Gasteiger partial charge in [-0.2, -0.15) is 5.10 Å². The smallest absolute Gasteiger partial charge is 0.226 e. The van der Waals surface area contributed by atoms with E-state index in [9.17, 15) is 4.79 Å². The molecular formula is C21H24N8O2. The van der Waals surface area contributed by atoms with Crippen molar-refractivity contribution in [3.63, 3.8) is 0 Å². The lowest BCUT2D eigenvalue weighted by Crippen LogP contribution is -2.54. The Kier molecular flexibility index (Phi) is 5.44. The lowest BCUT2D eigenvalue weighted by Gasteiger charge is -2.39. The van der Waals surface area contributed by atoms with Crippen LogP contribution in [0.5, 0.6) is 0 Å². The lowest BCUT2D eigenvalue weighted by molar-refractivity contribution is -0.125. The van der Waals surface area contributed by atoms with Gasteiger partial charge in [0.25, 0.3) is 0 Å². The number of aromatic nitrogens is 5. The highest BCUT2D eigenvalue weighted by Gasteiger charge is 2.33. The Bertz CT molecular complexity index is 1010. The number of carbonyl (C=O) groups is 1. The first-order chi connectivity index (χ1) is 15.3. The lowest BCUT2D eigenvalue weighted by atomic mass is 9.99. The molecule has 160 valence electrons. The number of amides is 1. The van der Waals surface area contributed by atoms with Gasteiger partial charge in [0, 0.05) is 57.4 Å². The van der Waals surface area contributed by atoms with Crippen LogP contribution in [0.15, 0.2) is 49.2 Å². The van der Waals surface area contributed by atoms with E-state index in [0.717, 1.165) is 43.5 Å². The average molecular weight is 420 g/mol. The highest BCUT2D eigenvalue weighted by atomic mass is 16.5. The van der Waals surface area contributed by atoms with Gasteiger partial charge < -0.3 is 19.9 Å². The maximum absolute atomic E-state index is 12.5. The molecule has 0 aliphatic carbocycles. The first-order valence-electron chi connectivity index (χ1n) is 10.4. The first-order valence-corrected chi connectivity index (χ1v) is 10.4. The summed E-state index contributed by atoms with van der Waals surface area (Å²) in [6.07, 6.45) is 6.89. The van der Waals surface area contributed by atoms with E-state index in [1.165, 1.54) is 6.33 Å². The molecule has 0 atom stereocenters. The predicted octanol–water partition coefficient (Wildman–Crippen LogP) is 0.646. The summed E-state index contributed by atoms with van der Waals surface area (Å²) in [7, 11) is 0. The van der Waals surface area contributed by atoms with E-state index in [1.807, 2.05) is 36.7 Å². The van der Waals surface area contributed by atoms with Gasteiger partial charge in [0.15, 0.2) is 5.82 Å². The summed E-state index contributed by atoms with van der Waals surface area (Å²) in [5, 5.41) is 7.21. The molecule has 3 aromatic rings. The molecule has 2 fully saturated rings. The average Bonchev–Trinajstić information content (AvgIpc) is 3.33. The van der Waals surface area contributed by atoms with E-state index in [-0.39, 0.29) is 11.8 Å². The zero-order chi connectivity index (χ0) is 21.0. The van der Waals surface area contributed by atoms with Crippen LogP contribution in [-0.2, 0) is 16.1 Å². The van der Waals surface area contributed by atoms with E-state index in [4.69, 9.17) is 4.74 Å². The van der Waals surface area contributed by atoms with Gasteiger partial charge in [-0.3, -0.25) is 4.79 Å².